The molecule has 1 aromatic rings. The molecule has 0 aromatic carbocycles. The molecule has 0 spiro atoms. The molecule has 2 atom stereocenters. The van der Waals surface area contributed by atoms with Crippen molar-refractivity contribution in [3.63, 3.8) is 0 Å². The molecule has 2 unspecified atom stereocenters. The van der Waals surface area contributed by atoms with E-state index in [9.17, 15) is 0 Å². The third-order valence-electron chi connectivity index (χ3n) is 2.33. The van der Waals surface area contributed by atoms with E-state index in [4.69, 9.17) is 17.3 Å². The van der Waals surface area contributed by atoms with E-state index in [-0.39, 0.29) is 12.0 Å². The van der Waals surface area contributed by atoms with E-state index in [2.05, 4.69) is 18.8 Å². The minimum Gasteiger partial charge on any atom is -0.327 e. The van der Waals surface area contributed by atoms with Crippen molar-refractivity contribution in [2.75, 3.05) is 0 Å². The first-order valence-corrected chi connectivity index (χ1v) is 4.90. The van der Waals surface area contributed by atoms with Crippen molar-refractivity contribution in [3.05, 3.63) is 29.0 Å². The summed E-state index contributed by atoms with van der Waals surface area (Å²) in [6, 6.07) is 3.81. The van der Waals surface area contributed by atoms with Crippen LogP contribution in [0, 0.1) is 0 Å². The predicted octanol–water partition coefficient (Wildman–Crippen LogP) is 2.58. The van der Waals surface area contributed by atoms with Crippen molar-refractivity contribution in [2.24, 2.45) is 5.73 Å². The topological polar surface area (TPSA) is 38.9 Å². The summed E-state index contributed by atoms with van der Waals surface area (Å²) in [4.78, 5) is 4.24. The maximum absolute atomic E-state index is 6.00. The summed E-state index contributed by atoms with van der Waals surface area (Å²) in [5.74, 6) is 0.221. The number of halogens is 1. The van der Waals surface area contributed by atoms with E-state index in [1.54, 1.807) is 6.20 Å². The average Bonchev–Trinajstić information content (AvgIpc) is 2.16. The molecule has 0 radical (unpaired) electrons. The molecule has 3 heteroatoms. The lowest BCUT2D eigenvalue weighted by Gasteiger charge is -2.18. The smallest absolute Gasteiger partial charge is 0.0633 e. The normalized spacial score (nSPS) is 15.4. The fourth-order valence-electron chi connectivity index (χ4n) is 1.29. The van der Waals surface area contributed by atoms with Crippen LogP contribution in [0.3, 0.4) is 0 Å². The lowest BCUT2D eigenvalue weighted by molar-refractivity contribution is 0.541. The molecule has 0 aliphatic heterocycles. The molecule has 13 heavy (non-hydrogen) atoms. The summed E-state index contributed by atoms with van der Waals surface area (Å²) < 4.78 is 0. The Balaban J connectivity index is 2.88. The number of nitrogens with zero attached hydrogens (tertiary/aromatic N) is 1. The van der Waals surface area contributed by atoms with E-state index in [0.717, 1.165) is 12.1 Å². The first-order valence-electron chi connectivity index (χ1n) is 4.52. The Kier molecular flexibility index (Phi) is 3.70. The van der Waals surface area contributed by atoms with Crippen LogP contribution in [0.1, 0.15) is 31.9 Å². The van der Waals surface area contributed by atoms with E-state index in [1.807, 2.05) is 12.1 Å². The zero-order valence-corrected chi connectivity index (χ0v) is 8.75. The quantitative estimate of drug-likeness (QED) is 0.811. The van der Waals surface area contributed by atoms with Gasteiger partial charge in [-0.2, -0.15) is 0 Å². The van der Waals surface area contributed by atoms with E-state index in [1.165, 1.54) is 0 Å². The molecule has 0 saturated heterocycles. The molecular weight excluding hydrogens is 184 g/mol. The number of rotatable bonds is 3. The first-order chi connectivity index (χ1) is 6.16. The molecule has 0 bridgehead atoms. The summed E-state index contributed by atoms with van der Waals surface area (Å²) in [7, 11) is 0. The van der Waals surface area contributed by atoms with Gasteiger partial charge in [0.25, 0.3) is 0 Å². The highest BCUT2D eigenvalue weighted by Crippen LogP contribution is 2.24. The Morgan fingerprint density at radius 2 is 2.31 bits per heavy atom. The maximum Gasteiger partial charge on any atom is 0.0633 e. The molecule has 0 amide bonds. The van der Waals surface area contributed by atoms with Gasteiger partial charge in [-0.3, -0.25) is 4.98 Å². The summed E-state index contributed by atoms with van der Waals surface area (Å²) >= 11 is 6.00. The monoisotopic (exact) mass is 198 g/mol. The van der Waals surface area contributed by atoms with Gasteiger partial charge in [0.1, 0.15) is 0 Å². The largest absolute Gasteiger partial charge is 0.327 e. The first kappa shape index (κ1) is 10.5. The molecule has 1 aromatic heterocycles. The van der Waals surface area contributed by atoms with Gasteiger partial charge < -0.3 is 5.73 Å². The van der Waals surface area contributed by atoms with Crippen LogP contribution >= 0.6 is 11.6 Å². The number of hydrogen-bond donors (Lipinski definition) is 1. The highest BCUT2D eigenvalue weighted by molar-refractivity contribution is 6.31. The van der Waals surface area contributed by atoms with Crippen LogP contribution in [0.25, 0.3) is 0 Å². The lowest BCUT2D eigenvalue weighted by Crippen LogP contribution is -2.26. The van der Waals surface area contributed by atoms with E-state index >= 15 is 0 Å². The van der Waals surface area contributed by atoms with Gasteiger partial charge in [0.05, 0.1) is 10.7 Å². The van der Waals surface area contributed by atoms with Crippen LogP contribution in [-0.4, -0.2) is 11.0 Å². The molecule has 2 nitrogen and oxygen atoms in total. The summed E-state index contributed by atoms with van der Waals surface area (Å²) in [5, 5.41) is 0.707. The van der Waals surface area contributed by atoms with Crippen LogP contribution in [0.2, 0.25) is 5.02 Å². The van der Waals surface area contributed by atoms with Crippen molar-refractivity contribution < 1.29 is 0 Å². The second-order valence-electron chi connectivity index (χ2n) is 3.23. The van der Waals surface area contributed by atoms with Crippen LogP contribution in [0.4, 0.5) is 0 Å². The molecule has 0 fully saturated rings. The third-order valence-corrected chi connectivity index (χ3v) is 2.65. The zero-order chi connectivity index (χ0) is 9.84. The number of pyridine rings is 1. The van der Waals surface area contributed by atoms with Crippen LogP contribution in [-0.2, 0) is 0 Å². The fraction of sp³-hybridized carbons (Fsp3) is 0.500. The Morgan fingerprint density at radius 3 is 2.85 bits per heavy atom. The summed E-state index contributed by atoms with van der Waals surface area (Å²) in [6.45, 7) is 4.13. The van der Waals surface area contributed by atoms with E-state index in [0.29, 0.717) is 5.02 Å². The molecule has 0 aliphatic rings. The Labute approximate surface area is 84.1 Å². The van der Waals surface area contributed by atoms with Crippen molar-refractivity contribution in [1.82, 2.24) is 4.98 Å². The van der Waals surface area contributed by atoms with Crippen LogP contribution < -0.4 is 5.73 Å². The van der Waals surface area contributed by atoms with Gasteiger partial charge >= 0.3 is 0 Å². The minimum absolute atomic E-state index is 0.132. The standard InChI is InChI=1S/C10H15ClN2/c1-3-9(12)7(2)10-8(11)5-4-6-13-10/h4-7,9H,3,12H2,1-2H3. The molecular formula is C10H15ClN2. The van der Waals surface area contributed by atoms with Crippen LogP contribution in [0.15, 0.2) is 18.3 Å². The van der Waals surface area contributed by atoms with Crippen molar-refractivity contribution in [3.8, 4) is 0 Å². The molecule has 1 heterocycles. The minimum atomic E-state index is 0.132. The zero-order valence-electron chi connectivity index (χ0n) is 8.00. The van der Waals surface area contributed by atoms with Gasteiger partial charge in [-0.15, -0.1) is 0 Å². The Hall–Kier alpha value is -0.600. The summed E-state index contributed by atoms with van der Waals surface area (Å²) in [6.07, 6.45) is 2.69. The van der Waals surface area contributed by atoms with Gasteiger partial charge in [0.2, 0.25) is 0 Å². The fourth-order valence-corrected chi connectivity index (χ4v) is 1.58. The maximum atomic E-state index is 6.00. The molecule has 1 rings (SSSR count). The Morgan fingerprint density at radius 1 is 1.62 bits per heavy atom. The van der Waals surface area contributed by atoms with Crippen molar-refractivity contribution in [1.29, 1.82) is 0 Å². The highest BCUT2D eigenvalue weighted by Gasteiger charge is 2.16. The van der Waals surface area contributed by atoms with Gasteiger partial charge in [-0.05, 0) is 18.6 Å². The van der Waals surface area contributed by atoms with Gasteiger partial charge in [0, 0.05) is 18.2 Å². The number of aromatic nitrogens is 1. The lowest BCUT2D eigenvalue weighted by atomic mass is 9.96. The third kappa shape index (κ3) is 2.42. The Bertz CT molecular complexity index is 275. The molecule has 2 N–H and O–H groups in total. The predicted molar refractivity (Wildman–Crippen MR) is 55.9 cm³/mol. The molecule has 0 saturated carbocycles. The van der Waals surface area contributed by atoms with E-state index < -0.39 is 0 Å². The van der Waals surface area contributed by atoms with Gasteiger partial charge in [-0.25, -0.2) is 0 Å². The number of nitrogens with two attached hydrogens (primary N) is 1. The van der Waals surface area contributed by atoms with Gasteiger partial charge in [0.15, 0.2) is 0 Å². The highest BCUT2D eigenvalue weighted by atomic mass is 35.5. The second-order valence-corrected chi connectivity index (χ2v) is 3.64. The van der Waals surface area contributed by atoms with Crippen molar-refractivity contribution in [2.45, 2.75) is 32.2 Å². The molecule has 0 aliphatic carbocycles. The number of hydrogen-bond acceptors (Lipinski definition) is 2. The van der Waals surface area contributed by atoms with Crippen LogP contribution in [0.5, 0.6) is 0 Å². The summed E-state index contributed by atoms with van der Waals surface area (Å²) in [5.41, 5.74) is 6.82. The van der Waals surface area contributed by atoms with Gasteiger partial charge in [-0.1, -0.05) is 25.4 Å². The molecule has 72 valence electrons. The van der Waals surface area contributed by atoms with Crippen molar-refractivity contribution >= 4 is 11.6 Å². The SMILES string of the molecule is CCC(N)C(C)c1ncccc1Cl. The average molecular weight is 199 g/mol. The second kappa shape index (κ2) is 4.58.